The summed E-state index contributed by atoms with van der Waals surface area (Å²) in [6.45, 7) is 4.71. The Morgan fingerprint density at radius 3 is 2.32 bits per heavy atom. The second kappa shape index (κ2) is 5.21. The molecule has 19 heavy (non-hydrogen) atoms. The Bertz CT molecular complexity index is 458. The molecule has 0 spiro atoms. The van der Waals surface area contributed by atoms with Gasteiger partial charge in [0.1, 0.15) is 0 Å². The Morgan fingerprint density at radius 2 is 1.84 bits per heavy atom. The molecule has 0 aliphatic heterocycles. The van der Waals surface area contributed by atoms with Crippen LogP contribution in [0.1, 0.15) is 24.0 Å². The summed E-state index contributed by atoms with van der Waals surface area (Å²) in [5.74, 6) is 0. The van der Waals surface area contributed by atoms with Crippen molar-refractivity contribution < 1.29 is 4.79 Å². The number of carbonyl (C=O) groups excluding carboxylic acids is 1. The van der Waals surface area contributed by atoms with Gasteiger partial charge in [-0.25, -0.2) is 4.79 Å². The number of rotatable bonds is 4. The highest BCUT2D eigenvalue weighted by molar-refractivity contribution is 5.91. The zero-order valence-electron chi connectivity index (χ0n) is 12.2. The normalized spacial score (nSPS) is 16.3. The number of carbonyl (C=O) groups is 1. The number of amides is 2. The lowest BCUT2D eigenvalue weighted by Gasteiger charge is -2.24. The van der Waals surface area contributed by atoms with E-state index in [9.17, 15) is 4.79 Å². The fraction of sp³-hybridized carbons (Fsp3) is 0.533. The Balaban J connectivity index is 1.92. The van der Waals surface area contributed by atoms with Gasteiger partial charge in [-0.1, -0.05) is 18.2 Å². The summed E-state index contributed by atoms with van der Waals surface area (Å²) in [6.07, 6.45) is 2.31. The number of aryl methyl sites for hydroxylation is 2. The molecule has 104 valence electrons. The molecule has 2 rings (SSSR count). The fourth-order valence-corrected chi connectivity index (χ4v) is 2.34. The Morgan fingerprint density at radius 1 is 1.26 bits per heavy atom. The lowest BCUT2D eigenvalue weighted by atomic mass is 10.1. The second-order valence-electron chi connectivity index (χ2n) is 5.69. The standard InChI is InChI=1S/C15H23N3O/c1-11-6-5-7-12(2)13(11)17-14(19)16-10-15(8-9-15)18(3)4/h5-7H,8-10H2,1-4H3,(H2,16,17,19). The zero-order chi connectivity index (χ0) is 14.0. The first kappa shape index (κ1) is 13.9. The third-order valence-corrected chi connectivity index (χ3v) is 4.07. The maximum Gasteiger partial charge on any atom is 0.319 e. The maximum atomic E-state index is 12.0. The molecular weight excluding hydrogens is 238 g/mol. The minimum absolute atomic E-state index is 0.120. The number of nitrogens with zero attached hydrogens (tertiary/aromatic N) is 1. The summed E-state index contributed by atoms with van der Waals surface area (Å²) >= 11 is 0. The molecule has 2 N–H and O–H groups in total. The van der Waals surface area contributed by atoms with E-state index < -0.39 is 0 Å². The average Bonchev–Trinajstić information content (AvgIpc) is 3.13. The van der Waals surface area contributed by atoms with Crippen LogP contribution in [-0.4, -0.2) is 37.1 Å². The van der Waals surface area contributed by atoms with Crippen molar-refractivity contribution in [1.29, 1.82) is 0 Å². The average molecular weight is 261 g/mol. The highest BCUT2D eigenvalue weighted by atomic mass is 16.2. The van der Waals surface area contributed by atoms with E-state index in [1.165, 1.54) is 0 Å². The van der Waals surface area contributed by atoms with Crippen LogP contribution in [0.25, 0.3) is 0 Å². The largest absolute Gasteiger partial charge is 0.336 e. The van der Waals surface area contributed by atoms with Gasteiger partial charge in [0.2, 0.25) is 0 Å². The Hall–Kier alpha value is -1.55. The van der Waals surface area contributed by atoms with Gasteiger partial charge in [0.25, 0.3) is 0 Å². The van der Waals surface area contributed by atoms with Crippen molar-refractivity contribution in [3.05, 3.63) is 29.3 Å². The molecule has 0 aromatic heterocycles. The Kier molecular flexibility index (Phi) is 3.80. The predicted octanol–water partition coefficient (Wildman–Crippen LogP) is 2.52. The van der Waals surface area contributed by atoms with Crippen LogP contribution >= 0.6 is 0 Å². The van der Waals surface area contributed by atoms with Crippen molar-refractivity contribution in [2.45, 2.75) is 32.2 Å². The molecule has 0 atom stereocenters. The smallest absolute Gasteiger partial charge is 0.319 e. The number of urea groups is 1. The van der Waals surface area contributed by atoms with Gasteiger partial charge in [-0.2, -0.15) is 0 Å². The van der Waals surface area contributed by atoms with Gasteiger partial charge in [-0.15, -0.1) is 0 Å². The van der Waals surface area contributed by atoms with Crippen molar-refractivity contribution in [3.63, 3.8) is 0 Å². The van der Waals surface area contributed by atoms with Gasteiger partial charge >= 0.3 is 6.03 Å². The minimum atomic E-state index is -0.120. The molecule has 1 aliphatic carbocycles. The number of hydrogen-bond donors (Lipinski definition) is 2. The number of benzene rings is 1. The summed E-state index contributed by atoms with van der Waals surface area (Å²) in [5, 5.41) is 5.93. The predicted molar refractivity (Wildman–Crippen MR) is 78.6 cm³/mol. The molecule has 0 saturated heterocycles. The summed E-state index contributed by atoms with van der Waals surface area (Å²) in [7, 11) is 4.14. The van der Waals surface area contributed by atoms with E-state index >= 15 is 0 Å². The van der Waals surface area contributed by atoms with Gasteiger partial charge in [-0.05, 0) is 51.9 Å². The zero-order valence-corrected chi connectivity index (χ0v) is 12.2. The number of nitrogens with one attached hydrogen (secondary N) is 2. The van der Waals surface area contributed by atoms with Crippen LogP contribution in [0.4, 0.5) is 10.5 Å². The first-order valence-corrected chi connectivity index (χ1v) is 6.73. The molecule has 0 unspecified atom stereocenters. The topological polar surface area (TPSA) is 44.4 Å². The van der Waals surface area contributed by atoms with Crippen LogP contribution in [0.2, 0.25) is 0 Å². The van der Waals surface area contributed by atoms with Crippen LogP contribution in [0.3, 0.4) is 0 Å². The number of hydrogen-bond acceptors (Lipinski definition) is 2. The summed E-state index contributed by atoms with van der Waals surface area (Å²) in [4.78, 5) is 14.2. The van der Waals surface area contributed by atoms with Crippen LogP contribution in [0.15, 0.2) is 18.2 Å². The molecular formula is C15H23N3O. The molecule has 1 aromatic rings. The Labute approximate surface area is 115 Å². The second-order valence-corrected chi connectivity index (χ2v) is 5.69. The molecule has 0 bridgehead atoms. The van der Waals surface area contributed by atoms with E-state index in [4.69, 9.17) is 0 Å². The van der Waals surface area contributed by atoms with Gasteiger partial charge in [0, 0.05) is 17.8 Å². The number of para-hydroxylation sites is 1. The van der Waals surface area contributed by atoms with Crippen LogP contribution in [-0.2, 0) is 0 Å². The quantitative estimate of drug-likeness (QED) is 0.874. The van der Waals surface area contributed by atoms with Gasteiger partial charge in [0.05, 0.1) is 0 Å². The lowest BCUT2D eigenvalue weighted by molar-refractivity contribution is 0.236. The molecule has 0 radical (unpaired) electrons. The highest BCUT2D eigenvalue weighted by Crippen LogP contribution is 2.39. The molecule has 1 saturated carbocycles. The van der Waals surface area contributed by atoms with Gasteiger partial charge < -0.3 is 15.5 Å². The molecule has 4 nitrogen and oxygen atoms in total. The van der Waals surface area contributed by atoms with Crippen molar-refractivity contribution in [2.75, 3.05) is 26.0 Å². The van der Waals surface area contributed by atoms with Crippen molar-refractivity contribution >= 4 is 11.7 Å². The third kappa shape index (κ3) is 3.07. The maximum absolute atomic E-state index is 12.0. The van der Waals surface area contributed by atoms with E-state index in [1.807, 2.05) is 32.0 Å². The van der Waals surface area contributed by atoms with E-state index in [2.05, 4.69) is 29.6 Å². The number of anilines is 1. The van der Waals surface area contributed by atoms with Crippen LogP contribution in [0.5, 0.6) is 0 Å². The summed E-state index contributed by atoms with van der Waals surface area (Å²) in [6, 6.07) is 5.89. The molecule has 1 fully saturated rings. The molecule has 1 aliphatic rings. The van der Waals surface area contributed by atoms with Crippen molar-refractivity contribution in [1.82, 2.24) is 10.2 Å². The van der Waals surface area contributed by atoms with Crippen molar-refractivity contribution in [2.24, 2.45) is 0 Å². The molecule has 1 aromatic carbocycles. The molecule has 4 heteroatoms. The molecule has 0 heterocycles. The third-order valence-electron chi connectivity index (χ3n) is 4.07. The van der Waals surface area contributed by atoms with Crippen LogP contribution < -0.4 is 10.6 Å². The minimum Gasteiger partial charge on any atom is -0.336 e. The highest BCUT2D eigenvalue weighted by Gasteiger charge is 2.44. The SMILES string of the molecule is Cc1cccc(C)c1NC(=O)NCC1(N(C)C)CC1. The lowest BCUT2D eigenvalue weighted by Crippen LogP contribution is -2.43. The van der Waals surface area contributed by atoms with E-state index in [1.54, 1.807) is 0 Å². The first-order valence-electron chi connectivity index (χ1n) is 6.73. The van der Waals surface area contributed by atoms with Crippen molar-refractivity contribution in [3.8, 4) is 0 Å². The fourth-order valence-electron chi connectivity index (χ4n) is 2.34. The van der Waals surface area contributed by atoms with Gasteiger partial charge in [0.15, 0.2) is 0 Å². The number of likely N-dealkylation sites (N-methyl/N-ethyl adjacent to an activating group) is 1. The van der Waals surface area contributed by atoms with E-state index in [-0.39, 0.29) is 11.6 Å². The summed E-state index contributed by atoms with van der Waals surface area (Å²) < 4.78 is 0. The van der Waals surface area contributed by atoms with E-state index in [0.717, 1.165) is 29.7 Å². The first-order chi connectivity index (χ1) is 8.94. The van der Waals surface area contributed by atoms with E-state index in [0.29, 0.717) is 6.54 Å². The van der Waals surface area contributed by atoms with Gasteiger partial charge in [-0.3, -0.25) is 0 Å². The van der Waals surface area contributed by atoms with Crippen LogP contribution in [0, 0.1) is 13.8 Å². The molecule has 2 amide bonds. The summed E-state index contributed by atoms with van der Waals surface area (Å²) in [5.41, 5.74) is 3.26. The monoisotopic (exact) mass is 261 g/mol.